The Kier molecular flexibility index (Phi) is 11.8. The quantitative estimate of drug-likeness (QED) is 0.129. The first-order chi connectivity index (χ1) is 34.4. The number of aromatic nitrogens is 4. The second kappa shape index (κ2) is 18.6. The Hall–Kier alpha value is -8.24. The minimum Gasteiger partial charge on any atom is -0.354 e. The number of rotatable bonds is 6. The van der Waals surface area contributed by atoms with Gasteiger partial charge in [-0.1, -0.05) is 120 Å². The van der Waals surface area contributed by atoms with Gasteiger partial charge in [0, 0.05) is 73.2 Å². The van der Waals surface area contributed by atoms with E-state index in [9.17, 15) is 4.79 Å². The number of carbonyl (C=O) groups is 1. The SMILES string of the molecule is CC(=O)Sc1ccc(-c2c3nc(c(-c4c(C)cc(C)cc4C)c4ccc([nH]4)c(-c4ccc(C#Cc5ccc(C6C=CC=C6)cc5)cc4)c4nc(c(-c5c(C)cc(C)cc5C)c5ccc2[nH]5)C=C4)C=C3)cc1. The molecule has 3 aliphatic rings. The van der Waals surface area contributed by atoms with Crippen LogP contribution in [-0.4, -0.2) is 25.1 Å². The zero-order valence-corrected chi connectivity index (χ0v) is 41.8. The predicted octanol–water partition coefficient (Wildman–Crippen LogP) is 16.4. The number of nitrogens with zero attached hydrogens (tertiary/aromatic N) is 2. The van der Waals surface area contributed by atoms with Crippen molar-refractivity contribution in [3.8, 4) is 56.3 Å². The van der Waals surface area contributed by atoms with Gasteiger partial charge in [-0.05, 0) is 177 Å². The van der Waals surface area contributed by atoms with E-state index >= 15 is 0 Å². The number of nitrogens with one attached hydrogen (secondary N) is 2. The van der Waals surface area contributed by atoms with Crippen molar-refractivity contribution in [2.24, 2.45) is 0 Å². The standard InChI is InChI=1S/C65H52N4OS/c1-38-34-40(3)60(41(4)35-38)64-56-30-26-52(66-56)62(49-20-16-46(17-21-49)13-12-45-14-18-48(19-15-45)47-10-8-9-11-47)53-27-31-57(67-53)65(61-42(5)36-39(2)37-43(61)6)59-33-29-55(69-59)63(54-28-32-58(64)68-54)50-22-24-51(25-23-50)71-44(7)70/h8-11,14-37,47,66,69H,1-7H3. The Morgan fingerprint density at radius 3 is 1.24 bits per heavy atom. The van der Waals surface area contributed by atoms with E-state index in [0.29, 0.717) is 5.92 Å². The lowest BCUT2D eigenvalue weighted by Crippen LogP contribution is -1.95. The molecule has 0 radical (unpaired) electrons. The number of thioether (sulfide) groups is 1. The number of aryl methyl sites for hydroxylation is 6. The number of fused-ring (bicyclic) bond motifs is 8. The fourth-order valence-electron chi connectivity index (χ4n) is 10.7. The largest absolute Gasteiger partial charge is 0.354 e. The highest BCUT2D eigenvalue weighted by Crippen LogP contribution is 2.41. The number of hydrogen-bond donors (Lipinski definition) is 2. The van der Waals surface area contributed by atoms with E-state index in [1.54, 1.807) is 6.92 Å². The number of benzene rings is 5. The molecule has 0 amide bonds. The predicted molar refractivity (Wildman–Crippen MR) is 299 cm³/mol. The van der Waals surface area contributed by atoms with E-state index in [-0.39, 0.29) is 5.12 Å². The summed E-state index contributed by atoms with van der Waals surface area (Å²) in [7, 11) is 0. The van der Waals surface area contributed by atoms with Gasteiger partial charge in [0.15, 0.2) is 5.12 Å². The Morgan fingerprint density at radius 2 is 0.831 bits per heavy atom. The molecule has 3 aromatic heterocycles. The van der Waals surface area contributed by atoms with Crippen molar-refractivity contribution in [3.63, 3.8) is 0 Å². The van der Waals surface area contributed by atoms with Crippen LogP contribution < -0.4 is 0 Å². The van der Waals surface area contributed by atoms with E-state index in [4.69, 9.17) is 9.97 Å². The number of H-pyrrole nitrogens is 2. The topological polar surface area (TPSA) is 74.4 Å². The van der Waals surface area contributed by atoms with Crippen molar-refractivity contribution in [3.05, 3.63) is 218 Å². The molecule has 8 bridgehead atoms. The van der Waals surface area contributed by atoms with Crippen molar-refractivity contribution >= 4 is 63.2 Å². The molecule has 5 heterocycles. The Labute approximate surface area is 419 Å². The molecule has 2 N–H and O–H groups in total. The van der Waals surface area contributed by atoms with E-state index in [2.05, 4.69) is 221 Å². The molecule has 0 saturated carbocycles. The zero-order valence-electron chi connectivity index (χ0n) is 41.0. The third-order valence-corrected chi connectivity index (χ3v) is 14.4. The molecule has 1 aliphatic carbocycles. The van der Waals surface area contributed by atoms with Gasteiger partial charge in [0.1, 0.15) is 0 Å². The second-order valence-corrected chi connectivity index (χ2v) is 20.2. The Balaban J connectivity index is 1.18. The van der Waals surface area contributed by atoms with E-state index < -0.39 is 0 Å². The third-order valence-electron chi connectivity index (χ3n) is 13.6. The molecule has 11 rings (SSSR count). The molecule has 8 aromatic rings. The normalized spacial score (nSPS) is 12.7. The molecule has 0 saturated heterocycles. The molecule has 5 aromatic carbocycles. The molecule has 71 heavy (non-hydrogen) atoms. The van der Waals surface area contributed by atoms with Crippen LogP contribution in [0.3, 0.4) is 0 Å². The maximum Gasteiger partial charge on any atom is 0.190 e. The maximum absolute atomic E-state index is 12.1. The van der Waals surface area contributed by atoms with Gasteiger partial charge in [0.05, 0.1) is 22.8 Å². The fourth-order valence-corrected chi connectivity index (χ4v) is 11.3. The van der Waals surface area contributed by atoms with E-state index in [0.717, 1.165) is 105 Å². The highest BCUT2D eigenvalue weighted by atomic mass is 32.2. The summed E-state index contributed by atoms with van der Waals surface area (Å²) < 4.78 is 0. The summed E-state index contributed by atoms with van der Waals surface area (Å²) in [6.07, 6.45) is 17.2. The van der Waals surface area contributed by atoms with Crippen LogP contribution in [0.2, 0.25) is 0 Å². The van der Waals surface area contributed by atoms with Crippen molar-refractivity contribution in [1.82, 2.24) is 19.9 Å². The lowest BCUT2D eigenvalue weighted by Gasteiger charge is -2.13. The average Bonchev–Trinajstić information content (AvgIpc) is 4.22. The van der Waals surface area contributed by atoms with Gasteiger partial charge >= 0.3 is 0 Å². The summed E-state index contributed by atoms with van der Waals surface area (Å²) in [5.74, 6) is 7.14. The van der Waals surface area contributed by atoms with Gasteiger partial charge in [-0.3, -0.25) is 4.79 Å². The van der Waals surface area contributed by atoms with Gasteiger partial charge in [0.25, 0.3) is 0 Å². The minimum atomic E-state index is 0.0500. The first-order valence-corrected chi connectivity index (χ1v) is 24.9. The summed E-state index contributed by atoms with van der Waals surface area (Å²) in [6, 6.07) is 43.0. The van der Waals surface area contributed by atoms with E-state index in [1.165, 1.54) is 50.7 Å². The minimum absolute atomic E-state index is 0.0500. The molecule has 2 aliphatic heterocycles. The Morgan fingerprint density at radius 1 is 0.465 bits per heavy atom. The van der Waals surface area contributed by atoms with Crippen LogP contribution in [0, 0.1) is 53.4 Å². The highest BCUT2D eigenvalue weighted by molar-refractivity contribution is 8.13. The third kappa shape index (κ3) is 8.86. The number of aromatic amines is 2. The van der Waals surface area contributed by atoms with Gasteiger partial charge in [-0.25, -0.2) is 9.97 Å². The van der Waals surface area contributed by atoms with Crippen LogP contribution in [0.1, 0.15) is 85.7 Å². The molecule has 5 nitrogen and oxygen atoms in total. The molecule has 0 unspecified atom stereocenters. The summed E-state index contributed by atoms with van der Waals surface area (Å²) >= 11 is 1.24. The van der Waals surface area contributed by atoms with Crippen molar-refractivity contribution < 1.29 is 4.79 Å². The maximum atomic E-state index is 12.1. The zero-order chi connectivity index (χ0) is 48.9. The smallest absolute Gasteiger partial charge is 0.190 e. The first kappa shape index (κ1) is 45.2. The highest BCUT2D eigenvalue weighted by Gasteiger charge is 2.22. The molecule has 6 heteroatoms. The summed E-state index contributed by atoms with van der Waals surface area (Å²) in [5, 5.41) is 0.0500. The number of carbonyl (C=O) groups excluding carboxylic acids is 1. The van der Waals surface area contributed by atoms with Crippen molar-refractivity contribution in [2.45, 2.75) is 59.3 Å². The lowest BCUT2D eigenvalue weighted by molar-refractivity contribution is -0.109. The van der Waals surface area contributed by atoms with Gasteiger partial charge in [-0.15, -0.1) is 0 Å². The van der Waals surface area contributed by atoms with Crippen LogP contribution in [0.5, 0.6) is 0 Å². The number of allylic oxidation sites excluding steroid dienone is 4. The van der Waals surface area contributed by atoms with E-state index in [1.807, 2.05) is 12.1 Å². The molecule has 0 fully saturated rings. The van der Waals surface area contributed by atoms with Crippen LogP contribution in [0.4, 0.5) is 0 Å². The van der Waals surface area contributed by atoms with Gasteiger partial charge in [-0.2, -0.15) is 0 Å². The first-order valence-electron chi connectivity index (χ1n) is 24.1. The van der Waals surface area contributed by atoms with Crippen LogP contribution in [0.25, 0.3) is 90.9 Å². The fraction of sp³-hybridized carbons (Fsp3) is 0.123. The molecule has 0 atom stereocenters. The van der Waals surface area contributed by atoms with Gasteiger partial charge in [0.2, 0.25) is 0 Å². The second-order valence-electron chi connectivity index (χ2n) is 18.9. The summed E-state index contributed by atoms with van der Waals surface area (Å²) in [5.41, 5.74) is 25.8. The molecule has 344 valence electrons. The molecular weight excluding hydrogens is 885 g/mol. The lowest BCUT2D eigenvalue weighted by atomic mass is 9.92. The van der Waals surface area contributed by atoms with Crippen LogP contribution in [0.15, 0.2) is 151 Å². The van der Waals surface area contributed by atoms with Crippen LogP contribution in [-0.2, 0) is 4.79 Å². The molecule has 0 spiro atoms. The van der Waals surface area contributed by atoms with Crippen molar-refractivity contribution in [2.75, 3.05) is 0 Å². The van der Waals surface area contributed by atoms with Crippen molar-refractivity contribution in [1.29, 1.82) is 0 Å². The van der Waals surface area contributed by atoms with Crippen LogP contribution >= 0.6 is 11.8 Å². The summed E-state index contributed by atoms with van der Waals surface area (Å²) in [6.45, 7) is 14.7. The van der Waals surface area contributed by atoms with Gasteiger partial charge < -0.3 is 9.97 Å². The number of hydrogen-bond acceptors (Lipinski definition) is 4. The summed E-state index contributed by atoms with van der Waals surface area (Å²) in [4.78, 5) is 32.0. The molecular formula is C65H52N4OS. The Bertz CT molecular complexity index is 3750. The average molecular weight is 937 g/mol. The monoisotopic (exact) mass is 936 g/mol.